The molecule has 10 atom stereocenters. The van der Waals surface area contributed by atoms with Gasteiger partial charge in [-0.05, 0) is 85.5 Å². The Morgan fingerprint density at radius 1 is 1.00 bits per heavy atom. The van der Waals surface area contributed by atoms with E-state index in [-0.39, 0.29) is 22.4 Å². The van der Waals surface area contributed by atoms with Crippen molar-refractivity contribution in [3.8, 4) is 0 Å². The molecule has 144 valence electrons. The van der Waals surface area contributed by atoms with Crippen LogP contribution in [0.25, 0.3) is 0 Å². The SMILES string of the molecule is C[C@]12CCC(=O)C=C1[C@@H]1C[C@@H]1C1C2CC[C@@]2(C)C1[C@@H]1C[C@@H]1C21CCC(=O)O1. The predicted molar refractivity (Wildman–Crippen MR) is 99.5 cm³/mol. The Morgan fingerprint density at radius 2 is 1.85 bits per heavy atom. The van der Waals surface area contributed by atoms with E-state index in [1.54, 1.807) is 0 Å². The molecule has 1 spiro atoms. The first-order valence-corrected chi connectivity index (χ1v) is 11.4. The van der Waals surface area contributed by atoms with Gasteiger partial charge in [-0.3, -0.25) is 9.59 Å². The molecule has 3 heteroatoms. The molecule has 0 bridgehead atoms. The van der Waals surface area contributed by atoms with Gasteiger partial charge < -0.3 is 4.74 Å². The number of hydrogen-bond donors (Lipinski definition) is 0. The summed E-state index contributed by atoms with van der Waals surface area (Å²) in [6.07, 6.45) is 10.6. The van der Waals surface area contributed by atoms with Gasteiger partial charge in [0.2, 0.25) is 0 Å². The molecule has 1 heterocycles. The normalized spacial score (nSPS) is 62.0. The highest BCUT2D eigenvalue weighted by molar-refractivity contribution is 5.92. The second-order valence-electron chi connectivity index (χ2n) is 11.5. The van der Waals surface area contributed by atoms with Crippen LogP contribution in [-0.2, 0) is 14.3 Å². The maximum Gasteiger partial charge on any atom is 0.306 e. The van der Waals surface area contributed by atoms with Crippen molar-refractivity contribution in [1.29, 1.82) is 0 Å². The van der Waals surface area contributed by atoms with Crippen molar-refractivity contribution in [2.75, 3.05) is 0 Å². The average molecular weight is 367 g/mol. The lowest BCUT2D eigenvalue weighted by molar-refractivity contribution is -0.177. The quantitative estimate of drug-likeness (QED) is 0.600. The van der Waals surface area contributed by atoms with Gasteiger partial charge in [-0.15, -0.1) is 0 Å². The van der Waals surface area contributed by atoms with Crippen molar-refractivity contribution >= 4 is 11.8 Å². The van der Waals surface area contributed by atoms with Gasteiger partial charge in [-0.2, -0.15) is 0 Å². The Labute approximate surface area is 161 Å². The number of hydrogen-bond acceptors (Lipinski definition) is 3. The third-order valence-electron chi connectivity index (χ3n) is 10.9. The van der Waals surface area contributed by atoms with Gasteiger partial charge in [-0.1, -0.05) is 19.4 Å². The molecule has 7 aliphatic rings. The first kappa shape index (κ1) is 15.8. The molecule has 3 nitrogen and oxygen atoms in total. The van der Waals surface area contributed by atoms with E-state index in [9.17, 15) is 9.59 Å². The number of fused-ring (bicyclic) bond motifs is 12. The Hall–Kier alpha value is -1.12. The molecule has 1 aliphatic heterocycles. The van der Waals surface area contributed by atoms with Crippen LogP contribution in [0.3, 0.4) is 0 Å². The molecule has 5 saturated carbocycles. The Balaban J connectivity index is 1.33. The van der Waals surface area contributed by atoms with E-state index >= 15 is 0 Å². The molecule has 0 N–H and O–H groups in total. The van der Waals surface area contributed by atoms with Crippen molar-refractivity contribution in [2.45, 2.75) is 70.8 Å². The van der Waals surface area contributed by atoms with Crippen molar-refractivity contribution in [3.63, 3.8) is 0 Å². The van der Waals surface area contributed by atoms with Gasteiger partial charge in [0.15, 0.2) is 5.78 Å². The lowest BCUT2D eigenvalue weighted by Crippen LogP contribution is -2.57. The van der Waals surface area contributed by atoms with Crippen molar-refractivity contribution < 1.29 is 14.3 Å². The summed E-state index contributed by atoms with van der Waals surface area (Å²) in [5.41, 5.74) is 1.85. The second kappa shape index (κ2) is 4.39. The fourth-order valence-corrected chi connectivity index (χ4v) is 9.74. The second-order valence-corrected chi connectivity index (χ2v) is 11.5. The third kappa shape index (κ3) is 1.58. The van der Waals surface area contributed by atoms with Crippen molar-refractivity contribution in [2.24, 2.45) is 52.3 Å². The lowest BCUT2D eigenvalue weighted by Gasteiger charge is -2.60. The van der Waals surface area contributed by atoms with E-state index in [1.165, 1.54) is 31.3 Å². The summed E-state index contributed by atoms with van der Waals surface area (Å²) >= 11 is 0. The van der Waals surface area contributed by atoms with Gasteiger partial charge in [0.05, 0.1) is 0 Å². The fourth-order valence-electron chi connectivity index (χ4n) is 9.74. The molecule has 7 rings (SSSR count). The van der Waals surface area contributed by atoms with E-state index in [2.05, 4.69) is 19.9 Å². The maximum absolute atomic E-state index is 12.2. The van der Waals surface area contributed by atoms with Crippen molar-refractivity contribution in [1.82, 2.24) is 0 Å². The zero-order valence-corrected chi connectivity index (χ0v) is 16.5. The number of esters is 1. The number of carbonyl (C=O) groups is 2. The van der Waals surface area contributed by atoms with Gasteiger partial charge in [-0.25, -0.2) is 0 Å². The van der Waals surface area contributed by atoms with Crippen LogP contribution >= 0.6 is 0 Å². The van der Waals surface area contributed by atoms with Crippen LogP contribution in [0.15, 0.2) is 11.6 Å². The van der Waals surface area contributed by atoms with Gasteiger partial charge in [0, 0.05) is 24.2 Å². The molecule has 0 aromatic heterocycles. The molecule has 0 aromatic rings. The Morgan fingerprint density at radius 3 is 2.63 bits per heavy atom. The van der Waals surface area contributed by atoms with Gasteiger partial charge >= 0.3 is 5.97 Å². The maximum atomic E-state index is 12.2. The number of ketones is 1. The first-order chi connectivity index (χ1) is 12.9. The van der Waals surface area contributed by atoms with E-state index < -0.39 is 0 Å². The fraction of sp³-hybridized carbons (Fsp3) is 0.833. The van der Waals surface area contributed by atoms with E-state index in [1.807, 2.05) is 0 Å². The van der Waals surface area contributed by atoms with Crippen LogP contribution in [-0.4, -0.2) is 17.4 Å². The minimum atomic E-state index is -0.131. The van der Waals surface area contributed by atoms with Crippen LogP contribution < -0.4 is 0 Å². The van der Waals surface area contributed by atoms with E-state index in [0.29, 0.717) is 24.0 Å². The number of allylic oxidation sites excluding steroid dienone is 1. The molecule has 6 aliphatic carbocycles. The monoisotopic (exact) mass is 366 g/mol. The Bertz CT molecular complexity index is 827. The van der Waals surface area contributed by atoms with Crippen LogP contribution in [0.2, 0.25) is 0 Å². The van der Waals surface area contributed by atoms with E-state index in [4.69, 9.17) is 4.74 Å². The minimum absolute atomic E-state index is 0.0561. The average Bonchev–Trinajstić information content (AvgIpc) is 3.53. The number of rotatable bonds is 0. The molecule has 4 unspecified atom stereocenters. The molecule has 0 aromatic carbocycles. The summed E-state index contributed by atoms with van der Waals surface area (Å²) in [6, 6.07) is 0. The summed E-state index contributed by atoms with van der Waals surface area (Å²) in [5.74, 6) is 5.65. The zero-order chi connectivity index (χ0) is 18.3. The highest BCUT2D eigenvalue weighted by Gasteiger charge is 2.81. The molecular weight excluding hydrogens is 336 g/mol. The summed E-state index contributed by atoms with van der Waals surface area (Å²) < 4.78 is 6.22. The smallest absolute Gasteiger partial charge is 0.306 e. The molecule has 1 saturated heterocycles. The summed E-state index contributed by atoms with van der Waals surface area (Å²) in [4.78, 5) is 24.3. The third-order valence-corrected chi connectivity index (χ3v) is 10.9. The zero-order valence-electron chi connectivity index (χ0n) is 16.5. The lowest BCUT2D eigenvalue weighted by atomic mass is 9.45. The topological polar surface area (TPSA) is 43.4 Å². The largest absolute Gasteiger partial charge is 0.458 e. The number of ether oxygens (including phenoxy) is 1. The highest BCUT2D eigenvalue weighted by atomic mass is 16.6. The van der Waals surface area contributed by atoms with Crippen LogP contribution in [0.1, 0.15) is 65.2 Å². The Kier molecular flexibility index (Phi) is 2.56. The van der Waals surface area contributed by atoms with Gasteiger partial charge in [0.25, 0.3) is 0 Å². The standard InChI is InChI=1S/C24H30O3/c1-22-6-3-12(25)9-17(22)13-10-14(13)20-16(22)4-7-23(2)21(20)15-11-18(15)24(23)8-5-19(26)27-24/h9,13-16,18,20-21H,3-8,10-11H2,1-2H3/t13-,14+,15-,16?,18+,20?,21?,22-,23+,24?/m1/s1. The highest BCUT2D eigenvalue weighted by Crippen LogP contribution is 2.82. The predicted octanol–water partition coefficient (Wildman–Crippen LogP) is 4.31. The summed E-state index contributed by atoms with van der Waals surface area (Å²) in [5, 5.41) is 0. The first-order valence-electron chi connectivity index (χ1n) is 11.4. The molecule has 0 amide bonds. The summed E-state index contributed by atoms with van der Waals surface area (Å²) in [6.45, 7) is 4.99. The molecular formula is C24H30O3. The molecule has 6 fully saturated rings. The van der Waals surface area contributed by atoms with Crippen LogP contribution in [0.4, 0.5) is 0 Å². The molecule has 0 radical (unpaired) electrons. The minimum Gasteiger partial charge on any atom is -0.458 e. The molecule has 27 heavy (non-hydrogen) atoms. The van der Waals surface area contributed by atoms with E-state index in [0.717, 1.165) is 48.9 Å². The van der Waals surface area contributed by atoms with Crippen LogP contribution in [0.5, 0.6) is 0 Å². The van der Waals surface area contributed by atoms with Crippen molar-refractivity contribution in [3.05, 3.63) is 11.6 Å². The van der Waals surface area contributed by atoms with Crippen LogP contribution in [0, 0.1) is 52.3 Å². The summed E-state index contributed by atoms with van der Waals surface area (Å²) in [7, 11) is 0. The number of carbonyl (C=O) groups excluding carboxylic acids is 2. The van der Waals surface area contributed by atoms with Gasteiger partial charge in [0.1, 0.15) is 5.60 Å².